The first-order valence-electron chi connectivity index (χ1n) is 11.3. The highest BCUT2D eigenvalue weighted by atomic mass is 16.6. The molecule has 1 aliphatic rings. The first-order valence-corrected chi connectivity index (χ1v) is 11.3. The molecule has 1 heterocycles. The number of hydrogen-bond acceptors (Lipinski definition) is 2. The van der Waals surface area contributed by atoms with Crippen LogP contribution in [0.4, 0.5) is 0 Å². The average molecular weight is 415 g/mol. The van der Waals surface area contributed by atoms with Crippen molar-refractivity contribution in [2.45, 2.75) is 37.7 Å². The molecule has 160 valence electrons. The van der Waals surface area contributed by atoms with Crippen LogP contribution >= 0.6 is 0 Å². The molecule has 3 aromatic carbocycles. The number of benzene rings is 3. The van der Waals surface area contributed by atoms with Crippen LogP contribution in [-0.2, 0) is 14.9 Å². The molecule has 2 N–H and O–H groups in total. The zero-order valence-corrected chi connectivity index (χ0v) is 18.5. The molecule has 0 amide bonds. The van der Waals surface area contributed by atoms with E-state index in [9.17, 15) is 4.79 Å². The molecule has 0 saturated carbocycles. The molecule has 0 radical (unpaired) electrons. The van der Waals surface area contributed by atoms with E-state index in [1.807, 2.05) is 91.0 Å². The summed E-state index contributed by atoms with van der Waals surface area (Å²) in [5.74, 6) is 0.150. The predicted molar refractivity (Wildman–Crippen MR) is 124 cm³/mol. The summed E-state index contributed by atoms with van der Waals surface area (Å²) in [6.45, 7) is 6.33. The maximum Gasteiger partial charge on any atom is 0.326 e. The van der Waals surface area contributed by atoms with Gasteiger partial charge in [-0.25, -0.2) is 0 Å². The zero-order valence-electron chi connectivity index (χ0n) is 18.5. The largest absolute Gasteiger partial charge is 0.458 e. The van der Waals surface area contributed by atoms with E-state index in [2.05, 4.69) is 19.2 Å². The van der Waals surface area contributed by atoms with Crippen LogP contribution in [0.1, 0.15) is 43.4 Å². The van der Waals surface area contributed by atoms with Crippen molar-refractivity contribution in [3.8, 4) is 0 Å². The number of hydrogen-bond donors (Lipinski definition) is 1. The summed E-state index contributed by atoms with van der Waals surface area (Å²) < 4.78 is 6.45. The van der Waals surface area contributed by atoms with Crippen LogP contribution in [0.25, 0.3) is 0 Å². The van der Waals surface area contributed by atoms with Crippen molar-refractivity contribution in [2.24, 2.45) is 5.92 Å². The first kappa shape index (κ1) is 21.3. The summed E-state index contributed by atoms with van der Waals surface area (Å²) in [6, 6.07) is 30.1. The second-order valence-electron chi connectivity index (χ2n) is 8.98. The normalized spacial score (nSPS) is 15.4. The second kappa shape index (κ2) is 9.07. The number of quaternary nitrogens is 1. The molecule has 3 aromatic rings. The number of esters is 1. The van der Waals surface area contributed by atoms with Gasteiger partial charge in [0.25, 0.3) is 0 Å². The molecule has 0 atom stereocenters. The van der Waals surface area contributed by atoms with Crippen LogP contribution in [0.15, 0.2) is 91.0 Å². The molecule has 0 unspecified atom stereocenters. The summed E-state index contributed by atoms with van der Waals surface area (Å²) in [4.78, 5) is 14.3. The van der Waals surface area contributed by atoms with Crippen molar-refractivity contribution in [3.63, 3.8) is 0 Å². The van der Waals surface area contributed by atoms with Gasteiger partial charge in [-0.1, -0.05) is 91.0 Å². The first-order chi connectivity index (χ1) is 15.0. The molecule has 0 aliphatic carbocycles. The van der Waals surface area contributed by atoms with Crippen molar-refractivity contribution in [2.75, 3.05) is 13.1 Å². The Balaban J connectivity index is 1.86. The monoisotopic (exact) mass is 414 g/mol. The topological polar surface area (TPSA) is 42.9 Å². The van der Waals surface area contributed by atoms with Gasteiger partial charge >= 0.3 is 5.97 Å². The molecule has 3 nitrogen and oxygen atoms in total. The minimum absolute atomic E-state index is 0.212. The number of rotatable bonds is 6. The van der Waals surface area contributed by atoms with E-state index in [1.54, 1.807) is 0 Å². The van der Waals surface area contributed by atoms with Crippen molar-refractivity contribution < 1.29 is 14.8 Å². The molecule has 0 aromatic heterocycles. The van der Waals surface area contributed by atoms with Crippen molar-refractivity contribution >= 4 is 5.97 Å². The smallest absolute Gasteiger partial charge is 0.326 e. The Bertz CT molecular complexity index is 881. The van der Waals surface area contributed by atoms with Gasteiger partial charge in [0.05, 0.1) is 13.1 Å². The van der Waals surface area contributed by atoms with Crippen LogP contribution in [0, 0.1) is 5.92 Å². The summed E-state index contributed by atoms with van der Waals surface area (Å²) in [6.07, 6.45) is 2.13. The third kappa shape index (κ3) is 4.15. The summed E-state index contributed by atoms with van der Waals surface area (Å²) >= 11 is 0. The van der Waals surface area contributed by atoms with Gasteiger partial charge in [0, 0.05) is 18.8 Å². The Morgan fingerprint density at radius 1 is 0.742 bits per heavy atom. The van der Waals surface area contributed by atoms with Crippen LogP contribution in [-0.4, -0.2) is 24.7 Å². The second-order valence-corrected chi connectivity index (χ2v) is 8.98. The van der Waals surface area contributed by atoms with Gasteiger partial charge in [-0.15, -0.1) is 0 Å². The lowest BCUT2D eigenvalue weighted by atomic mass is 9.69. The van der Waals surface area contributed by atoms with E-state index in [-0.39, 0.29) is 5.97 Å². The third-order valence-electron chi connectivity index (χ3n) is 6.70. The third-order valence-corrected chi connectivity index (χ3v) is 6.70. The number of nitrogens with two attached hydrogens (primary N) is 1. The van der Waals surface area contributed by atoms with Crippen LogP contribution in [0.2, 0.25) is 0 Å². The highest BCUT2D eigenvalue weighted by Gasteiger charge is 2.48. The molecule has 1 saturated heterocycles. The predicted octanol–water partition coefficient (Wildman–Crippen LogP) is 4.32. The highest BCUT2D eigenvalue weighted by Crippen LogP contribution is 2.42. The fourth-order valence-electron chi connectivity index (χ4n) is 4.94. The van der Waals surface area contributed by atoms with Gasteiger partial charge in [0.2, 0.25) is 0 Å². The molecular formula is C28H32NO2+. The van der Waals surface area contributed by atoms with E-state index in [4.69, 9.17) is 4.74 Å². The van der Waals surface area contributed by atoms with E-state index in [0.717, 1.165) is 42.6 Å². The molecule has 0 bridgehead atoms. The number of carbonyl (C=O) groups is 1. The number of ether oxygens (including phenoxy) is 1. The lowest BCUT2D eigenvalue weighted by Gasteiger charge is -2.40. The zero-order chi connectivity index (χ0) is 21.7. The SMILES string of the molecule is CC(C)(OC(=O)C(c1ccccc1)(c1ccccc1)c1ccccc1)C1CC[NH2+]CC1. The maximum absolute atomic E-state index is 14.3. The Kier molecular flexibility index (Phi) is 6.24. The molecule has 1 fully saturated rings. The van der Waals surface area contributed by atoms with Crippen LogP contribution in [0.5, 0.6) is 0 Å². The van der Waals surface area contributed by atoms with Crippen LogP contribution in [0.3, 0.4) is 0 Å². The van der Waals surface area contributed by atoms with Gasteiger partial charge in [0.15, 0.2) is 0 Å². The van der Waals surface area contributed by atoms with Gasteiger partial charge in [-0.2, -0.15) is 0 Å². The van der Waals surface area contributed by atoms with Gasteiger partial charge < -0.3 is 10.1 Å². The number of piperidine rings is 1. The molecule has 0 spiro atoms. The molecule has 31 heavy (non-hydrogen) atoms. The Hall–Kier alpha value is -2.91. The highest BCUT2D eigenvalue weighted by molar-refractivity contribution is 5.92. The molecular weight excluding hydrogens is 382 g/mol. The van der Waals surface area contributed by atoms with Crippen molar-refractivity contribution in [1.29, 1.82) is 0 Å². The fourth-order valence-corrected chi connectivity index (χ4v) is 4.94. The van der Waals surface area contributed by atoms with E-state index >= 15 is 0 Å². The van der Waals surface area contributed by atoms with E-state index in [0.29, 0.717) is 5.92 Å². The summed E-state index contributed by atoms with van der Waals surface area (Å²) in [5, 5.41) is 2.34. The van der Waals surface area contributed by atoms with E-state index in [1.165, 1.54) is 0 Å². The summed E-state index contributed by atoms with van der Waals surface area (Å²) in [7, 11) is 0. The maximum atomic E-state index is 14.3. The Morgan fingerprint density at radius 3 is 1.52 bits per heavy atom. The molecule has 1 aliphatic heterocycles. The fraction of sp³-hybridized carbons (Fsp3) is 0.321. The number of carbonyl (C=O) groups excluding carboxylic acids is 1. The van der Waals surface area contributed by atoms with E-state index < -0.39 is 11.0 Å². The minimum Gasteiger partial charge on any atom is -0.458 e. The van der Waals surface area contributed by atoms with Crippen molar-refractivity contribution in [1.82, 2.24) is 0 Å². The Labute approximate surface area is 185 Å². The Morgan fingerprint density at radius 2 is 1.13 bits per heavy atom. The van der Waals surface area contributed by atoms with Crippen molar-refractivity contribution in [3.05, 3.63) is 108 Å². The molecule has 4 rings (SSSR count). The minimum atomic E-state index is -1.03. The standard InChI is InChI=1S/C28H31NO2/c1-27(2,22-18-20-29-21-19-22)31-26(30)28(23-12-6-3-7-13-23,24-14-8-4-9-15-24)25-16-10-5-11-17-25/h3-17,22,29H,18-21H2,1-2H3/p+1. The average Bonchev–Trinajstić information content (AvgIpc) is 2.82. The van der Waals surface area contributed by atoms with Gasteiger partial charge in [-0.3, -0.25) is 4.79 Å². The summed E-state index contributed by atoms with van der Waals surface area (Å²) in [5.41, 5.74) is 1.21. The lowest BCUT2D eigenvalue weighted by molar-refractivity contribution is -0.665. The van der Waals surface area contributed by atoms with Gasteiger partial charge in [-0.05, 0) is 30.5 Å². The van der Waals surface area contributed by atoms with Crippen LogP contribution < -0.4 is 5.32 Å². The quantitative estimate of drug-likeness (QED) is 0.482. The molecule has 3 heteroatoms. The van der Waals surface area contributed by atoms with Gasteiger partial charge in [0.1, 0.15) is 11.0 Å². The lowest BCUT2D eigenvalue weighted by Crippen LogP contribution is -2.86.